The number of rotatable bonds is 4. The molecule has 0 aromatic carbocycles. The van der Waals surface area contributed by atoms with Gasteiger partial charge in [-0.05, 0) is 30.7 Å². The Hall–Kier alpha value is -1.56. The van der Waals surface area contributed by atoms with Gasteiger partial charge in [0, 0.05) is 25.0 Å². The number of carboxylic acids is 1. The third-order valence-corrected chi connectivity index (χ3v) is 4.32. The van der Waals surface area contributed by atoms with E-state index in [0.717, 1.165) is 12.8 Å². The van der Waals surface area contributed by atoms with Crippen LogP contribution >= 0.6 is 11.3 Å². The molecule has 0 aliphatic carbocycles. The second-order valence-corrected chi connectivity index (χ2v) is 5.76. The summed E-state index contributed by atoms with van der Waals surface area (Å²) in [5.74, 6) is -0.905. The molecule has 1 saturated heterocycles. The Kier molecular flexibility index (Phi) is 4.42. The number of carboxylic acid groups (broad SMARTS) is 1. The minimum atomic E-state index is -0.905. The summed E-state index contributed by atoms with van der Waals surface area (Å²) in [5, 5.41) is 11.1. The number of likely N-dealkylation sites (N-methyl/N-ethyl adjacent to an activating group) is 1. The van der Waals surface area contributed by atoms with E-state index >= 15 is 0 Å². The highest BCUT2D eigenvalue weighted by atomic mass is 32.1. The number of hydrogen-bond acceptors (Lipinski definition) is 3. The van der Waals surface area contributed by atoms with Gasteiger partial charge in [-0.2, -0.15) is 0 Å². The number of amides is 2. The zero-order valence-corrected chi connectivity index (χ0v) is 11.7. The van der Waals surface area contributed by atoms with Crippen LogP contribution in [0.5, 0.6) is 0 Å². The largest absolute Gasteiger partial charge is 0.480 e. The van der Waals surface area contributed by atoms with Gasteiger partial charge < -0.3 is 14.9 Å². The maximum atomic E-state index is 12.2. The fourth-order valence-corrected chi connectivity index (χ4v) is 3.00. The van der Waals surface area contributed by atoms with Gasteiger partial charge in [-0.3, -0.25) is 0 Å². The van der Waals surface area contributed by atoms with Gasteiger partial charge >= 0.3 is 12.0 Å². The predicted octanol–water partition coefficient (Wildman–Crippen LogP) is 1.89. The van der Waals surface area contributed by atoms with Crippen molar-refractivity contribution in [2.45, 2.75) is 25.3 Å². The summed E-state index contributed by atoms with van der Waals surface area (Å²) in [5.41, 5.74) is 0. The average Bonchev–Trinajstić information content (AvgIpc) is 3.05. The van der Waals surface area contributed by atoms with Crippen molar-refractivity contribution in [3.05, 3.63) is 22.4 Å². The lowest BCUT2D eigenvalue weighted by Crippen LogP contribution is -2.47. The van der Waals surface area contributed by atoms with Gasteiger partial charge in [-0.25, -0.2) is 9.59 Å². The van der Waals surface area contributed by atoms with Crippen LogP contribution in [0.1, 0.15) is 17.7 Å². The van der Waals surface area contributed by atoms with Crippen molar-refractivity contribution in [1.82, 2.24) is 9.80 Å². The molecule has 2 heterocycles. The first-order valence-corrected chi connectivity index (χ1v) is 7.24. The topological polar surface area (TPSA) is 60.9 Å². The fraction of sp³-hybridized carbons (Fsp3) is 0.538. The van der Waals surface area contributed by atoms with E-state index in [9.17, 15) is 9.59 Å². The van der Waals surface area contributed by atoms with Gasteiger partial charge in [0.2, 0.25) is 0 Å². The van der Waals surface area contributed by atoms with Crippen molar-refractivity contribution in [2.75, 3.05) is 20.1 Å². The molecule has 1 fully saturated rings. The molecular weight excluding hydrogens is 264 g/mol. The lowest BCUT2D eigenvalue weighted by molar-refractivity contribution is -0.141. The minimum Gasteiger partial charge on any atom is -0.480 e. The highest BCUT2D eigenvalue weighted by Gasteiger charge is 2.35. The highest BCUT2D eigenvalue weighted by molar-refractivity contribution is 7.09. The van der Waals surface area contributed by atoms with E-state index in [-0.39, 0.29) is 6.03 Å². The molecule has 1 aliphatic rings. The average molecular weight is 282 g/mol. The lowest BCUT2D eigenvalue weighted by Gasteiger charge is -2.27. The Bertz CT molecular complexity index is 447. The van der Waals surface area contributed by atoms with Gasteiger partial charge in [0.15, 0.2) is 0 Å². The Labute approximate surface area is 116 Å². The van der Waals surface area contributed by atoms with Gasteiger partial charge in [0.05, 0.1) is 0 Å². The van der Waals surface area contributed by atoms with Crippen LogP contribution in [-0.4, -0.2) is 53.1 Å². The van der Waals surface area contributed by atoms with Crippen molar-refractivity contribution < 1.29 is 14.7 Å². The number of carbonyl (C=O) groups is 2. The summed E-state index contributed by atoms with van der Waals surface area (Å²) in [4.78, 5) is 27.6. The molecule has 0 bridgehead atoms. The van der Waals surface area contributed by atoms with Crippen LogP contribution in [-0.2, 0) is 11.2 Å². The number of nitrogens with zero attached hydrogens (tertiary/aromatic N) is 2. The van der Waals surface area contributed by atoms with E-state index in [1.807, 2.05) is 17.5 Å². The molecule has 1 aromatic rings. The lowest BCUT2D eigenvalue weighted by atomic mass is 10.2. The standard InChI is InChI=1S/C13H18N2O3S/c1-14(8-6-10-4-3-9-19-10)13(18)15-7-2-5-11(15)12(16)17/h3-4,9,11H,2,5-8H2,1H3,(H,16,17)/t11-/m1/s1. The summed E-state index contributed by atoms with van der Waals surface area (Å²) >= 11 is 1.67. The van der Waals surface area contributed by atoms with Gasteiger partial charge in [0.25, 0.3) is 0 Å². The summed E-state index contributed by atoms with van der Waals surface area (Å²) in [7, 11) is 1.73. The number of carbonyl (C=O) groups excluding carboxylic acids is 1. The Morgan fingerprint density at radius 2 is 2.37 bits per heavy atom. The Balaban J connectivity index is 1.89. The molecular formula is C13H18N2O3S. The van der Waals surface area contributed by atoms with E-state index in [1.165, 1.54) is 9.78 Å². The molecule has 0 radical (unpaired) electrons. The summed E-state index contributed by atoms with van der Waals surface area (Å²) in [6.07, 6.45) is 2.13. The SMILES string of the molecule is CN(CCc1cccs1)C(=O)N1CCC[C@@H]1C(=O)O. The summed E-state index contributed by atoms with van der Waals surface area (Å²) in [6.45, 7) is 1.15. The van der Waals surface area contributed by atoms with Crippen LogP contribution in [0.2, 0.25) is 0 Å². The van der Waals surface area contributed by atoms with Crippen LogP contribution in [0.15, 0.2) is 17.5 Å². The van der Waals surface area contributed by atoms with Crippen molar-refractivity contribution >= 4 is 23.3 Å². The highest BCUT2D eigenvalue weighted by Crippen LogP contribution is 2.19. The van der Waals surface area contributed by atoms with E-state index in [1.54, 1.807) is 23.3 Å². The first-order valence-electron chi connectivity index (χ1n) is 6.36. The van der Waals surface area contributed by atoms with Crippen LogP contribution in [0.4, 0.5) is 4.79 Å². The molecule has 1 N–H and O–H groups in total. The Morgan fingerprint density at radius 1 is 1.58 bits per heavy atom. The van der Waals surface area contributed by atoms with E-state index in [0.29, 0.717) is 19.5 Å². The van der Waals surface area contributed by atoms with Gasteiger partial charge in [-0.15, -0.1) is 11.3 Å². The number of hydrogen-bond donors (Lipinski definition) is 1. The predicted molar refractivity (Wildman–Crippen MR) is 73.4 cm³/mol. The third kappa shape index (κ3) is 3.26. The molecule has 6 heteroatoms. The van der Waals surface area contributed by atoms with Crippen molar-refractivity contribution in [3.63, 3.8) is 0 Å². The van der Waals surface area contributed by atoms with Crippen molar-refractivity contribution in [3.8, 4) is 0 Å². The first kappa shape index (κ1) is 13.9. The molecule has 1 aromatic heterocycles. The Morgan fingerprint density at radius 3 is 3.00 bits per heavy atom. The number of aliphatic carboxylic acids is 1. The quantitative estimate of drug-likeness (QED) is 0.917. The number of thiophene rings is 1. The molecule has 0 unspecified atom stereocenters. The zero-order valence-electron chi connectivity index (χ0n) is 10.9. The van der Waals surface area contributed by atoms with Crippen LogP contribution in [0.25, 0.3) is 0 Å². The number of urea groups is 1. The smallest absolute Gasteiger partial charge is 0.326 e. The van der Waals surface area contributed by atoms with Gasteiger partial charge in [-0.1, -0.05) is 6.07 Å². The monoisotopic (exact) mass is 282 g/mol. The maximum Gasteiger partial charge on any atom is 0.326 e. The molecule has 104 valence electrons. The zero-order chi connectivity index (χ0) is 13.8. The molecule has 0 spiro atoms. The van der Waals surface area contributed by atoms with Crippen LogP contribution in [0, 0.1) is 0 Å². The molecule has 0 saturated carbocycles. The molecule has 1 aliphatic heterocycles. The second kappa shape index (κ2) is 6.06. The maximum absolute atomic E-state index is 12.2. The first-order chi connectivity index (χ1) is 9.09. The molecule has 2 rings (SSSR count). The van der Waals surface area contributed by atoms with Crippen molar-refractivity contribution in [2.24, 2.45) is 0 Å². The van der Waals surface area contributed by atoms with Gasteiger partial charge in [0.1, 0.15) is 6.04 Å². The van der Waals surface area contributed by atoms with E-state index < -0.39 is 12.0 Å². The summed E-state index contributed by atoms with van der Waals surface area (Å²) < 4.78 is 0. The molecule has 2 amide bonds. The van der Waals surface area contributed by atoms with Crippen LogP contribution in [0.3, 0.4) is 0 Å². The fourth-order valence-electron chi connectivity index (χ4n) is 2.30. The van der Waals surface area contributed by atoms with E-state index in [2.05, 4.69) is 0 Å². The second-order valence-electron chi connectivity index (χ2n) is 4.72. The third-order valence-electron chi connectivity index (χ3n) is 3.38. The van der Waals surface area contributed by atoms with Crippen LogP contribution < -0.4 is 0 Å². The normalized spacial score (nSPS) is 18.6. The molecule has 1 atom stereocenters. The van der Waals surface area contributed by atoms with E-state index in [4.69, 9.17) is 5.11 Å². The minimum absolute atomic E-state index is 0.179. The number of likely N-dealkylation sites (tertiary alicyclic amines) is 1. The molecule has 5 nitrogen and oxygen atoms in total. The molecule has 19 heavy (non-hydrogen) atoms. The van der Waals surface area contributed by atoms with Crippen molar-refractivity contribution in [1.29, 1.82) is 0 Å². The summed E-state index contributed by atoms with van der Waals surface area (Å²) in [6, 6.07) is 3.19.